The van der Waals surface area contributed by atoms with Crippen molar-refractivity contribution in [2.75, 3.05) is 18.2 Å². The van der Waals surface area contributed by atoms with E-state index in [2.05, 4.69) is 26.1 Å². The maximum atomic E-state index is 13.3. The van der Waals surface area contributed by atoms with Crippen molar-refractivity contribution >= 4 is 79.4 Å². The fourth-order valence-electron chi connectivity index (χ4n) is 3.51. The number of anilines is 1. The molecule has 1 aromatic carbocycles. The molecule has 2 heterocycles. The van der Waals surface area contributed by atoms with Gasteiger partial charge >= 0.3 is 16.3 Å². The number of rotatable bonds is 13. The van der Waals surface area contributed by atoms with Crippen molar-refractivity contribution in [1.29, 1.82) is 0 Å². The minimum absolute atomic E-state index is 0.0292. The summed E-state index contributed by atoms with van der Waals surface area (Å²) in [5.41, 5.74) is -2.54. The predicted octanol–water partition coefficient (Wildman–Crippen LogP) is -0.284. The van der Waals surface area contributed by atoms with E-state index in [4.69, 9.17) is 21.2 Å². The maximum Gasteiger partial charge on any atom is 0.363 e. The first-order chi connectivity index (χ1) is 21.0. The standard InChI is InChI=1S/C23H24ClN7O12S2/c1-23(2,21(36)42-9-11-4-6-12(7-5-11)31(37)38)43-29-15(13-10-44-22(26-13)27-14(32)8-24)18(33)28-16-17(19(34)25-3)30(20(16)35)45(39,40)41/h4-7,10,16-17H,8-9H2,1-3H3,(H,25,34)(H,28,33)(H,26,27,32)(H,39,40,41)/t16-,17-/m0/s1. The quantitative estimate of drug-likeness (QED) is 0.0401. The van der Waals surface area contributed by atoms with Crippen LogP contribution in [0.2, 0.25) is 0 Å². The van der Waals surface area contributed by atoms with Crippen molar-refractivity contribution in [2.45, 2.75) is 38.1 Å². The predicted molar refractivity (Wildman–Crippen MR) is 154 cm³/mol. The second-order valence-electron chi connectivity index (χ2n) is 9.38. The maximum absolute atomic E-state index is 13.3. The second kappa shape index (κ2) is 13.9. The van der Waals surface area contributed by atoms with Crippen LogP contribution in [0.1, 0.15) is 25.1 Å². The Morgan fingerprint density at radius 1 is 1.24 bits per heavy atom. The molecule has 242 valence electrons. The molecule has 2 atom stereocenters. The number of benzene rings is 1. The average Bonchev–Trinajstić information content (AvgIpc) is 3.43. The molecule has 1 fully saturated rings. The number of β-lactam (4-membered cyclic amide) rings is 1. The number of nitro groups is 1. The highest BCUT2D eigenvalue weighted by atomic mass is 35.5. The molecule has 3 rings (SSSR count). The number of ether oxygens (including phenoxy) is 1. The summed E-state index contributed by atoms with van der Waals surface area (Å²) < 4.78 is 37.7. The molecule has 1 aromatic heterocycles. The molecule has 0 bridgehead atoms. The van der Waals surface area contributed by atoms with Gasteiger partial charge in [0.25, 0.3) is 17.5 Å². The lowest BCUT2D eigenvalue weighted by molar-refractivity contribution is -0.384. The molecule has 0 aliphatic carbocycles. The Bertz CT molecular complexity index is 1660. The van der Waals surface area contributed by atoms with Gasteiger partial charge in [0.15, 0.2) is 16.9 Å². The van der Waals surface area contributed by atoms with Crippen LogP contribution in [-0.4, -0.2) is 93.1 Å². The zero-order chi connectivity index (χ0) is 33.7. The lowest BCUT2D eigenvalue weighted by Gasteiger charge is -2.42. The number of thiazole rings is 1. The van der Waals surface area contributed by atoms with Crippen LogP contribution in [-0.2, 0) is 50.5 Å². The van der Waals surface area contributed by atoms with E-state index >= 15 is 0 Å². The van der Waals surface area contributed by atoms with Gasteiger partial charge in [-0.25, -0.2) is 9.78 Å². The number of oxime groups is 1. The summed E-state index contributed by atoms with van der Waals surface area (Å²) in [6, 6.07) is 1.55. The Balaban J connectivity index is 1.85. The minimum atomic E-state index is -5.17. The molecule has 0 spiro atoms. The molecule has 2 aromatic rings. The van der Waals surface area contributed by atoms with Gasteiger partial charge in [-0.05, 0) is 31.5 Å². The molecule has 4 N–H and O–H groups in total. The zero-order valence-electron chi connectivity index (χ0n) is 23.4. The van der Waals surface area contributed by atoms with Crippen LogP contribution in [0.3, 0.4) is 0 Å². The number of hydrogen-bond donors (Lipinski definition) is 4. The second-order valence-corrected chi connectivity index (χ2v) is 11.8. The summed E-state index contributed by atoms with van der Waals surface area (Å²) in [7, 11) is -4.04. The number of hydrogen-bond acceptors (Lipinski definition) is 14. The van der Waals surface area contributed by atoms with Crippen molar-refractivity contribution in [3.63, 3.8) is 0 Å². The van der Waals surface area contributed by atoms with Gasteiger partial charge in [-0.15, -0.1) is 22.9 Å². The Morgan fingerprint density at radius 2 is 1.89 bits per heavy atom. The summed E-state index contributed by atoms with van der Waals surface area (Å²) >= 11 is 6.32. The van der Waals surface area contributed by atoms with E-state index in [1.54, 1.807) is 0 Å². The first kappa shape index (κ1) is 34.8. The number of alkyl halides is 1. The van der Waals surface area contributed by atoms with Crippen LogP contribution in [0.5, 0.6) is 0 Å². The molecule has 1 saturated heterocycles. The van der Waals surface area contributed by atoms with Crippen LogP contribution in [0.4, 0.5) is 10.8 Å². The summed E-state index contributed by atoms with van der Waals surface area (Å²) in [6.45, 7) is 2.17. The van der Waals surface area contributed by atoms with Crippen molar-refractivity contribution in [1.82, 2.24) is 19.9 Å². The van der Waals surface area contributed by atoms with E-state index in [1.165, 1.54) is 43.5 Å². The van der Waals surface area contributed by atoms with E-state index < -0.39 is 74.1 Å². The molecule has 1 aliphatic rings. The van der Waals surface area contributed by atoms with Gasteiger partial charge in [-0.1, -0.05) is 5.16 Å². The Kier molecular flexibility index (Phi) is 10.8. The Labute approximate surface area is 262 Å². The van der Waals surface area contributed by atoms with Crippen molar-refractivity contribution in [3.8, 4) is 0 Å². The smallest absolute Gasteiger partial charge is 0.363 e. The van der Waals surface area contributed by atoms with E-state index in [0.29, 0.717) is 5.56 Å². The average molecular weight is 690 g/mol. The molecule has 0 unspecified atom stereocenters. The third-order valence-electron chi connectivity index (χ3n) is 5.81. The number of carbonyl (C=O) groups excluding carboxylic acids is 5. The SMILES string of the molecule is CNC(=O)[C@@H]1[C@H](NC(=O)C(=NOC(C)(C)C(=O)OCc2ccc([N+](=O)[O-])cc2)c2csc(NC(=O)CCl)n2)C(=O)N1S(=O)(=O)O. The van der Waals surface area contributed by atoms with Crippen LogP contribution >= 0.6 is 22.9 Å². The minimum Gasteiger partial charge on any atom is -0.458 e. The Morgan fingerprint density at radius 3 is 2.44 bits per heavy atom. The summed E-state index contributed by atoms with van der Waals surface area (Å²) in [5, 5.41) is 22.4. The first-order valence-corrected chi connectivity index (χ1v) is 15.1. The fraction of sp³-hybridized carbons (Fsp3) is 0.348. The molecule has 19 nitrogen and oxygen atoms in total. The van der Waals surface area contributed by atoms with E-state index in [0.717, 1.165) is 18.4 Å². The first-order valence-electron chi connectivity index (χ1n) is 12.3. The summed E-state index contributed by atoms with van der Waals surface area (Å²) in [4.78, 5) is 82.1. The number of halogens is 1. The lowest BCUT2D eigenvalue weighted by atomic mass is 9.97. The molecule has 1 aliphatic heterocycles. The lowest BCUT2D eigenvalue weighted by Crippen LogP contribution is -2.76. The zero-order valence-corrected chi connectivity index (χ0v) is 25.8. The number of aromatic nitrogens is 1. The molecule has 22 heteroatoms. The van der Waals surface area contributed by atoms with E-state index in [9.17, 15) is 47.1 Å². The monoisotopic (exact) mass is 689 g/mol. The van der Waals surface area contributed by atoms with Gasteiger partial charge in [0.1, 0.15) is 24.2 Å². The van der Waals surface area contributed by atoms with E-state index in [-0.39, 0.29) is 27.4 Å². The highest BCUT2D eigenvalue weighted by Crippen LogP contribution is 2.25. The number of non-ortho nitro benzene ring substituents is 1. The van der Waals surface area contributed by atoms with Gasteiger partial charge in [0, 0.05) is 24.6 Å². The van der Waals surface area contributed by atoms with Gasteiger partial charge in [-0.2, -0.15) is 12.7 Å². The van der Waals surface area contributed by atoms with Crippen molar-refractivity contribution in [3.05, 3.63) is 51.0 Å². The number of carbonyl (C=O) groups is 5. The highest BCUT2D eigenvalue weighted by Gasteiger charge is 2.57. The third-order valence-corrected chi connectivity index (χ3v) is 7.71. The molecule has 45 heavy (non-hydrogen) atoms. The van der Waals surface area contributed by atoms with Crippen molar-refractivity contribution < 1.29 is 51.4 Å². The number of nitrogens with one attached hydrogen (secondary N) is 3. The van der Waals surface area contributed by atoms with Crippen LogP contribution in [0.15, 0.2) is 34.8 Å². The third kappa shape index (κ3) is 8.26. The number of amides is 4. The number of nitro benzene ring substituents is 1. The normalized spacial score (nSPS) is 16.7. The van der Waals surface area contributed by atoms with Gasteiger partial charge < -0.3 is 25.5 Å². The topological polar surface area (TPSA) is 266 Å². The van der Waals surface area contributed by atoms with E-state index in [1.807, 2.05) is 0 Å². The number of nitrogens with zero attached hydrogens (tertiary/aromatic N) is 4. The molecule has 0 radical (unpaired) electrons. The number of esters is 1. The molecule has 0 saturated carbocycles. The Hall–Kier alpha value is -4.73. The molecular weight excluding hydrogens is 666 g/mol. The number of likely N-dealkylation sites (N-methyl/N-ethyl adjacent to an activating group) is 1. The van der Waals surface area contributed by atoms with Crippen LogP contribution < -0.4 is 16.0 Å². The van der Waals surface area contributed by atoms with Gasteiger partial charge in [-0.3, -0.25) is 33.8 Å². The van der Waals surface area contributed by atoms with Gasteiger partial charge in [0.05, 0.1) is 4.92 Å². The fourth-order valence-corrected chi connectivity index (χ4v) is 5.13. The van der Waals surface area contributed by atoms with Crippen LogP contribution in [0.25, 0.3) is 0 Å². The largest absolute Gasteiger partial charge is 0.458 e. The van der Waals surface area contributed by atoms with Crippen molar-refractivity contribution in [2.24, 2.45) is 5.16 Å². The molecular formula is C23H24ClN7O12S2. The van der Waals surface area contributed by atoms with Gasteiger partial charge in [0.2, 0.25) is 17.4 Å². The summed E-state index contributed by atoms with van der Waals surface area (Å²) in [5.74, 6) is -5.63. The highest BCUT2D eigenvalue weighted by molar-refractivity contribution is 7.84. The summed E-state index contributed by atoms with van der Waals surface area (Å²) in [6.07, 6.45) is 0. The molecule has 4 amide bonds. The van der Waals surface area contributed by atoms with Crippen LogP contribution in [0, 0.1) is 10.1 Å².